The van der Waals surface area contributed by atoms with Crippen LogP contribution in [0.4, 0.5) is 0 Å². The van der Waals surface area contributed by atoms with E-state index < -0.39 is 5.97 Å². The summed E-state index contributed by atoms with van der Waals surface area (Å²) in [5.74, 6) is -0.767. The molecule has 0 bridgehead atoms. The predicted molar refractivity (Wildman–Crippen MR) is 74.9 cm³/mol. The molecule has 0 spiro atoms. The number of benzene rings is 1. The van der Waals surface area contributed by atoms with E-state index >= 15 is 0 Å². The monoisotopic (exact) mass is 268 g/mol. The van der Waals surface area contributed by atoms with Gasteiger partial charge >= 0.3 is 5.97 Å². The Kier molecular flexibility index (Phi) is 3.67. The number of aromatic amines is 1. The highest BCUT2D eigenvalue weighted by molar-refractivity contribution is 5.98. The number of pyridine rings is 1. The number of rotatable bonds is 2. The maximum absolute atomic E-state index is 12.0. The first-order valence-electron chi connectivity index (χ1n) is 5.89. The van der Waals surface area contributed by atoms with Crippen molar-refractivity contribution in [3.63, 3.8) is 0 Å². The molecule has 2 aromatic rings. The van der Waals surface area contributed by atoms with E-state index in [0.717, 1.165) is 16.5 Å². The van der Waals surface area contributed by atoms with Gasteiger partial charge in [0, 0.05) is 5.56 Å². The Labute approximate surface area is 115 Å². The summed E-state index contributed by atoms with van der Waals surface area (Å²) in [7, 11) is 1.18. The quantitative estimate of drug-likeness (QED) is 0.512. The maximum Gasteiger partial charge on any atom is 0.348 e. The van der Waals surface area contributed by atoms with Crippen molar-refractivity contribution in [3.05, 3.63) is 51.3 Å². The highest BCUT2D eigenvalue weighted by Crippen LogP contribution is 2.16. The summed E-state index contributed by atoms with van der Waals surface area (Å²) in [4.78, 5) is 26.1. The minimum absolute atomic E-state index is 0.218. The molecule has 0 atom stereocenters. The Morgan fingerprint density at radius 1 is 1.45 bits per heavy atom. The minimum atomic E-state index is -0.767. The molecule has 0 saturated heterocycles. The standard InChI is InChI=1S/C15H12N2O3/c1-9-4-3-5-10-6-11(14(18)17-13(9)10)7-12(8-16)15(19)20-2/h3-7H,1-2H3,(H,17,18)/b12-7-. The summed E-state index contributed by atoms with van der Waals surface area (Å²) < 4.78 is 4.48. The molecule has 0 radical (unpaired) electrons. The Morgan fingerprint density at radius 2 is 2.20 bits per heavy atom. The smallest absolute Gasteiger partial charge is 0.348 e. The third-order valence-electron chi connectivity index (χ3n) is 2.94. The first kappa shape index (κ1) is 13.6. The average Bonchev–Trinajstić information content (AvgIpc) is 2.45. The van der Waals surface area contributed by atoms with Gasteiger partial charge in [-0.3, -0.25) is 4.79 Å². The van der Waals surface area contributed by atoms with Crippen LogP contribution in [-0.2, 0) is 9.53 Å². The minimum Gasteiger partial charge on any atom is -0.465 e. The van der Waals surface area contributed by atoms with Gasteiger partial charge in [0.15, 0.2) is 0 Å². The van der Waals surface area contributed by atoms with Crippen molar-refractivity contribution in [2.24, 2.45) is 0 Å². The maximum atomic E-state index is 12.0. The molecule has 1 aromatic carbocycles. The largest absolute Gasteiger partial charge is 0.465 e. The van der Waals surface area contributed by atoms with Crippen LogP contribution in [0.25, 0.3) is 17.0 Å². The van der Waals surface area contributed by atoms with Crippen molar-refractivity contribution in [2.45, 2.75) is 6.92 Å². The molecule has 0 aliphatic carbocycles. The molecule has 0 aliphatic rings. The lowest BCUT2D eigenvalue weighted by Gasteiger charge is -2.03. The van der Waals surface area contributed by atoms with E-state index in [1.54, 1.807) is 12.1 Å². The second-order valence-corrected chi connectivity index (χ2v) is 4.25. The van der Waals surface area contributed by atoms with Crippen LogP contribution in [0, 0.1) is 18.3 Å². The van der Waals surface area contributed by atoms with Crippen LogP contribution in [0.2, 0.25) is 0 Å². The molecule has 5 nitrogen and oxygen atoms in total. The topological polar surface area (TPSA) is 82.9 Å². The van der Waals surface area contributed by atoms with Crippen LogP contribution in [-0.4, -0.2) is 18.1 Å². The molecule has 0 amide bonds. The van der Waals surface area contributed by atoms with Crippen molar-refractivity contribution in [1.82, 2.24) is 4.98 Å². The van der Waals surface area contributed by atoms with Crippen LogP contribution in [0.15, 0.2) is 34.6 Å². The van der Waals surface area contributed by atoms with E-state index in [4.69, 9.17) is 5.26 Å². The number of aryl methyl sites for hydroxylation is 1. The molecular weight excluding hydrogens is 256 g/mol. The second kappa shape index (κ2) is 5.41. The van der Waals surface area contributed by atoms with Crippen molar-refractivity contribution in [2.75, 3.05) is 7.11 Å². The first-order valence-corrected chi connectivity index (χ1v) is 5.89. The van der Waals surface area contributed by atoms with Crippen molar-refractivity contribution < 1.29 is 9.53 Å². The van der Waals surface area contributed by atoms with E-state index in [1.165, 1.54) is 13.2 Å². The van der Waals surface area contributed by atoms with Crippen LogP contribution >= 0.6 is 0 Å². The lowest BCUT2D eigenvalue weighted by Crippen LogP contribution is -2.11. The number of nitrogens with one attached hydrogen (secondary N) is 1. The number of para-hydroxylation sites is 1. The Hall–Kier alpha value is -2.87. The summed E-state index contributed by atoms with van der Waals surface area (Å²) in [6.45, 7) is 1.89. The first-order chi connectivity index (χ1) is 9.56. The summed E-state index contributed by atoms with van der Waals surface area (Å²) >= 11 is 0. The number of aromatic nitrogens is 1. The van der Waals surface area contributed by atoms with E-state index in [2.05, 4.69) is 9.72 Å². The zero-order chi connectivity index (χ0) is 14.7. The molecular formula is C15H12N2O3. The van der Waals surface area contributed by atoms with Gasteiger partial charge in [0.2, 0.25) is 0 Å². The summed E-state index contributed by atoms with van der Waals surface area (Å²) in [5.41, 5.74) is 1.35. The molecule has 20 heavy (non-hydrogen) atoms. The lowest BCUT2D eigenvalue weighted by molar-refractivity contribution is -0.135. The van der Waals surface area contributed by atoms with Crippen molar-refractivity contribution in [1.29, 1.82) is 5.26 Å². The predicted octanol–water partition coefficient (Wildman–Crippen LogP) is 1.92. The third-order valence-corrected chi connectivity index (χ3v) is 2.94. The number of esters is 1. The number of hydrogen-bond acceptors (Lipinski definition) is 4. The van der Waals surface area contributed by atoms with Gasteiger partial charge in [-0.25, -0.2) is 4.79 Å². The number of methoxy groups -OCH3 is 1. The molecule has 0 fully saturated rings. The van der Waals surface area contributed by atoms with Crippen LogP contribution in [0.1, 0.15) is 11.1 Å². The molecule has 0 unspecified atom stereocenters. The van der Waals surface area contributed by atoms with Gasteiger partial charge in [-0.15, -0.1) is 0 Å². The van der Waals surface area contributed by atoms with Crippen LogP contribution < -0.4 is 5.56 Å². The molecule has 100 valence electrons. The number of hydrogen-bond donors (Lipinski definition) is 1. The van der Waals surface area contributed by atoms with E-state index in [0.29, 0.717) is 0 Å². The summed E-state index contributed by atoms with van der Waals surface area (Å²) in [5, 5.41) is 9.74. The van der Waals surface area contributed by atoms with Gasteiger partial charge in [-0.05, 0) is 30.0 Å². The Bertz CT molecular complexity index is 810. The summed E-state index contributed by atoms with van der Waals surface area (Å²) in [6.07, 6.45) is 1.23. The second-order valence-electron chi connectivity index (χ2n) is 4.25. The van der Waals surface area contributed by atoms with E-state index in [9.17, 15) is 9.59 Å². The van der Waals surface area contributed by atoms with Gasteiger partial charge in [0.1, 0.15) is 11.6 Å². The van der Waals surface area contributed by atoms with Gasteiger partial charge in [-0.1, -0.05) is 18.2 Å². The number of nitrogens with zero attached hydrogens (tertiary/aromatic N) is 1. The number of carbonyl (C=O) groups excluding carboxylic acids is 1. The molecule has 5 heteroatoms. The molecule has 0 aliphatic heterocycles. The number of nitriles is 1. The van der Waals surface area contributed by atoms with Gasteiger partial charge in [-0.2, -0.15) is 5.26 Å². The van der Waals surface area contributed by atoms with Gasteiger partial charge in [0.05, 0.1) is 12.6 Å². The zero-order valence-corrected chi connectivity index (χ0v) is 11.1. The fourth-order valence-corrected chi connectivity index (χ4v) is 1.91. The number of fused-ring (bicyclic) bond motifs is 1. The molecule has 0 saturated carbocycles. The number of H-pyrrole nitrogens is 1. The molecule has 1 aromatic heterocycles. The fourth-order valence-electron chi connectivity index (χ4n) is 1.91. The normalized spacial score (nSPS) is 11.2. The molecule has 1 heterocycles. The van der Waals surface area contributed by atoms with Crippen molar-refractivity contribution in [3.8, 4) is 6.07 Å². The van der Waals surface area contributed by atoms with Gasteiger partial charge in [0.25, 0.3) is 5.56 Å². The van der Waals surface area contributed by atoms with E-state index in [-0.39, 0.29) is 16.7 Å². The average molecular weight is 268 g/mol. The summed E-state index contributed by atoms with van der Waals surface area (Å²) in [6, 6.07) is 8.97. The molecule has 2 rings (SSSR count). The fraction of sp³-hybridized carbons (Fsp3) is 0.133. The van der Waals surface area contributed by atoms with Crippen molar-refractivity contribution >= 4 is 22.9 Å². The van der Waals surface area contributed by atoms with Gasteiger partial charge < -0.3 is 9.72 Å². The highest BCUT2D eigenvalue weighted by atomic mass is 16.5. The Balaban J connectivity index is 2.65. The zero-order valence-electron chi connectivity index (χ0n) is 11.1. The molecule has 1 N–H and O–H groups in total. The number of ether oxygens (including phenoxy) is 1. The Morgan fingerprint density at radius 3 is 2.85 bits per heavy atom. The number of carbonyl (C=O) groups is 1. The van der Waals surface area contributed by atoms with Crippen LogP contribution in [0.3, 0.4) is 0 Å². The SMILES string of the molecule is COC(=O)/C(C#N)=C\c1cc2cccc(C)c2[nH]c1=O. The third kappa shape index (κ3) is 2.45. The lowest BCUT2D eigenvalue weighted by atomic mass is 10.1. The highest BCUT2D eigenvalue weighted by Gasteiger charge is 2.10. The van der Waals surface area contributed by atoms with Crippen LogP contribution in [0.5, 0.6) is 0 Å². The van der Waals surface area contributed by atoms with E-state index in [1.807, 2.05) is 25.1 Å².